The summed E-state index contributed by atoms with van der Waals surface area (Å²) in [5, 5.41) is 3.30. The zero-order chi connectivity index (χ0) is 12.5. The first kappa shape index (κ1) is 13.8. The number of rotatable bonds is 9. The highest BCUT2D eigenvalue weighted by atomic mass is 16.6. The fourth-order valence-corrected chi connectivity index (χ4v) is 1.31. The topological polar surface area (TPSA) is 47.3 Å². The second-order valence-corrected chi connectivity index (χ2v) is 4.41. The lowest BCUT2D eigenvalue weighted by molar-refractivity contribution is 0.227. The van der Waals surface area contributed by atoms with Gasteiger partial charge in [-0.15, -0.1) is 6.58 Å². The lowest BCUT2D eigenvalue weighted by atomic mass is 10.2. The summed E-state index contributed by atoms with van der Waals surface area (Å²) in [5.74, 6) is 0.636. The van der Waals surface area contributed by atoms with E-state index in [2.05, 4.69) is 30.7 Å². The molecule has 4 heteroatoms. The standard InChI is InChI=1S/C13H22N2O2/c1-4-5-6-7-16-13-15-12(10-17-13)9-14-8-11(2)3/h4,10-11,14H,1,5-9H2,2-3H3. The quantitative estimate of drug-likeness (QED) is 0.531. The molecule has 4 nitrogen and oxygen atoms in total. The molecule has 1 N–H and O–H groups in total. The molecular formula is C13H22N2O2. The van der Waals surface area contributed by atoms with E-state index in [4.69, 9.17) is 9.15 Å². The molecule has 0 spiro atoms. The molecule has 0 aliphatic heterocycles. The van der Waals surface area contributed by atoms with E-state index in [1.807, 2.05) is 6.08 Å². The normalized spacial score (nSPS) is 10.8. The summed E-state index contributed by atoms with van der Waals surface area (Å²) in [6.07, 6.45) is 5.75. The fraction of sp³-hybridized carbons (Fsp3) is 0.615. The minimum Gasteiger partial charge on any atom is -0.450 e. The Balaban J connectivity index is 2.20. The van der Waals surface area contributed by atoms with Gasteiger partial charge < -0.3 is 14.5 Å². The van der Waals surface area contributed by atoms with E-state index in [1.54, 1.807) is 6.26 Å². The number of allylic oxidation sites excluding steroid dienone is 1. The molecule has 0 amide bonds. The van der Waals surface area contributed by atoms with Crippen LogP contribution in [0.1, 0.15) is 32.4 Å². The number of oxazole rings is 1. The van der Waals surface area contributed by atoms with Gasteiger partial charge in [-0.2, -0.15) is 4.98 Å². The van der Waals surface area contributed by atoms with Crippen LogP contribution in [0.4, 0.5) is 0 Å². The first-order chi connectivity index (χ1) is 8.22. The SMILES string of the molecule is C=CCCCOc1nc(CNCC(C)C)co1. The average molecular weight is 238 g/mol. The second-order valence-electron chi connectivity index (χ2n) is 4.41. The Morgan fingerprint density at radius 2 is 2.41 bits per heavy atom. The first-order valence-corrected chi connectivity index (χ1v) is 6.11. The van der Waals surface area contributed by atoms with Gasteiger partial charge in [-0.3, -0.25) is 0 Å². The molecule has 1 rings (SSSR count). The molecule has 0 aromatic carbocycles. The molecule has 0 saturated carbocycles. The lowest BCUT2D eigenvalue weighted by Gasteiger charge is -2.04. The van der Waals surface area contributed by atoms with Crippen LogP contribution in [0, 0.1) is 5.92 Å². The summed E-state index contributed by atoms with van der Waals surface area (Å²) in [4.78, 5) is 4.23. The Morgan fingerprint density at radius 3 is 3.12 bits per heavy atom. The van der Waals surface area contributed by atoms with E-state index in [0.29, 0.717) is 18.6 Å². The number of nitrogens with one attached hydrogen (secondary N) is 1. The summed E-state index contributed by atoms with van der Waals surface area (Å²) < 4.78 is 10.6. The molecule has 96 valence electrons. The van der Waals surface area contributed by atoms with Gasteiger partial charge in [-0.25, -0.2) is 0 Å². The minimum absolute atomic E-state index is 0.357. The van der Waals surface area contributed by atoms with E-state index < -0.39 is 0 Å². The Morgan fingerprint density at radius 1 is 1.59 bits per heavy atom. The van der Waals surface area contributed by atoms with Gasteiger partial charge in [-0.05, 0) is 25.3 Å². The Hall–Kier alpha value is -1.29. The summed E-state index contributed by atoms with van der Waals surface area (Å²) in [7, 11) is 0. The molecule has 0 aliphatic rings. The van der Waals surface area contributed by atoms with E-state index in [9.17, 15) is 0 Å². The van der Waals surface area contributed by atoms with Crippen LogP contribution in [-0.4, -0.2) is 18.1 Å². The van der Waals surface area contributed by atoms with Gasteiger partial charge in [0.15, 0.2) is 0 Å². The Bertz CT molecular complexity index is 321. The summed E-state index contributed by atoms with van der Waals surface area (Å²) in [5.41, 5.74) is 0.879. The summed E-state index contributed by atoms with van der Waals surface area (Å²) >= 11 is 0. The van der Waals surface area contributed by atoms with Crippen molar-refractivity contribution in [3.05, 3.63) is 24.6 Å². The molecule has 17 heavy (non-hydrogen) atoms. The lowest BCUT2D eigenvalue weighted by Crippen LogP contribution is -2.19. The number of hydrogen-bond acceptors (Lipinski definition) is 4. The Kier molecular flexibility index (Phi) is 6.40. The van der Waals surface area contributed by atoms with Crippen LogP contribution >= 0.6 is 0 Å². The highest BCUT2D eigenvalue weighted by molar-refractivity contribution is 4.99. The van der Waals surface area contributed by atoms with Crippen molar-refractivity contribution < 1.29 is 9.15 Å². The largest absolute Gasteiger partial charge is 0.450 e. The van der Waals surface area contributed by atoms with Gasteiger partial charge >= 0.3 is 6.08 Å². The first-order valence-electron chi connectivity index (χ1n) is 6.11. The molecule has 0 unspecified atom stereocenters. The second kappa shape index (κ2) is 7.90. The predicted molar refractivity (Wildman–Crippen MR) is 68.0 cm³/mol. The average Bonchev–Trinajstić information content (AvgIpc) is 2.72. The molecule has 1 aromatic rings. The van der Waals surface area contributed by atoms with Crippen LogP contribution in [0.15, 0.2) is 23.3 Å². The third-order valence-corrected chi connectivity index (χ3v) is 2.17. The molecule has 0 bridgehead atoms. The smallest absolute Gasteiger partial charge is 0.393 e. The molecule has 0 aliphatic carbocycles. The molecule has 1 heterocycles. The van der Waals surface area contributed by atoms with Crippen molar-refractivity contribution in [3.8, 4) is 6.08 Å². The predicted octanol–water partition coefficient (Wildman–Crippen LogP) is 2.77. The van der Waals surface area contributed by atoms with Gasteiger partial charge in [0, 0.05) is 6.54 Å². The monoisotopic (exact) mass is 238 g/mol. The zero-order valence-electron chi connectivity index (χ0n) is 10.7. The van der Waals surface area contributed by atoms with E-state index >= 15 is 0 Å². The van der Waals surface area contributed by atoms with Gasteiger partial charge in [0.1, 0.15) is 6.26 Å². The minimum atomic E-state index is 0.357. The molecule has 0 saturated heterocycles. The third-order valence-electron chi connectivity index (χ3n) is 2.17. The highest BCUT2D eigenvalue weighted by Crippen LogP contribution is 2.10. The molecule has 0 fully saturated rings. The van der Waals surface area contributed by atoms with Crippen LogP contribution in [0.25, 0.3) is 0 Å². The molecule has 1 aromatic heterocycles. The number of ether oxygens (including phenoxy) is 1. The fourth-order valence-electron chi connectivity index (χ4n) is 1.31. The van der Waals surface area contributed by atoms with Crippen molar-refractivity contribution in [2.24, 2.45) is 5.92 Å². The number of hydrogen-bond donors (Lipinski definition) is 1. The van der Waals surface area contributed by atoms with Gasteiger partial charge in [0.2, 0.25) is 0 Å². The van der Waals surface area contributed by atoms with Crippen molar-refractivity contribution >= 4 is 0 Å². The van der Waals surface area contributed by atoms with E-state index in [0.717, 1.165) is 31.6 Å². The molecule has 0 radical (unpaired) electrons. The number of nitrogens with zero attached hydrogens (tertiary/aromatic N) is 1. The van der Waals surface area contributed by atoms with Gasteiger partial charge in [0.25, 0.3) is 0 Å². The maximum Gasteiger partial charge on any atom is 0.393 e. The Labute approximate surface area is 103 Å². The summed E-state index contributed by atoms with van der Waals surface area (Å²) in [6, 6.07) is 0. The van der Waals surface area contributed by atoms with Crippen molar-refractivity contribution in [2.75, 3.05) is 13.2 Å². The van der Waals surface area contributed by atoms with Crippen LogP contribution in [0.2, 0.25) is 0 Å². The van der Waals surface area contributed by atoms with Gasteiger partial charge in [-0.1, -0.05) is 19.9 Å². The van der Waals surface area contributed by atoms with E-state index in [1.165, 1.54) is 0 Å². The maximum atomic E-state index is 5.36. The number of unbranched alkanes of at least 4 members (excludes halogenated alkanes) is 1. The van der Waals surface area contributed by atoms with Crippen LogP contribution in [0.5, 0.6) is 6.08 Å². The van der Waals surface area contributed by atoms with Crippen LogP contribution < -0.4 is 10.1 Å². The number of aromatic nitrogens is 1. The van der Waals surface area contributed by atoms with Gasteiger partial charge in [0.05, 0.1) is 12.3 Å². The van der Waals surface area contributed by atoms with Crippen molar-refractivity contribution in [2.45, 2.75) is 33.2 Å². The van der Waals surface area contributed by atoms with Crippen LogP contribution in [-0.2, 0) is 6.54 Å². The zero-order valence-corrected chi connectivity index (χ0v) is 10.7. The molecular weight excluding hydrogens is 216 g/mol. The van der Waals surface area contributed by atoms with Crippen molar-refractivity contribution in [3.63, 3.8) is 0 Å². The highest BCUT2D eigenvalue weighted by Gasteiger charge is 2.04. The van der Waals surface area contributed by atoms with Crippen molar-refractivity contribution in [1.29, 1.82) is 0 Å². The van der Waals surface area contributed by atoms with E-state index in [-0.39, 0.29) is 0 Å². The summed E-state index contributed by atoms with van der Waals surface area (Å²) in [6.45, 7) is 10.3. The maximum absolute atomic E-state index is 5.36. The van der Waals surface area contributed by atoms with Crippen LogP contribution in [0.3, 0.4) is 0 Å². The van der Waals surface area contributed by atoms with Crippen molar-refractivity contribution in [1.82, 2.24) is 10.3 Å². The molecule has 0 atom stereocenters. The third kappa shape index (κ3) is 6.12.